The number of aromatic nitrogens is 1. The highest BCUT2D eigenvalue weighted by Gasteiger charge is 2.36. The topological polar surface area (TPSA) is 84.0 Å². The van der Waals surface area contributed by atoms with Crippen LogP contribution in [0.5, 0.6) is 0 Å². The normalized spacial score (nSPS) is 18.2. The molecular weight excluding hydrogens is 564 g/mol. The van der Waals surface area contributed by atoms with Crippen LogP contribution >= 0.6 is 0 Å². The standard InChI is InChI=1S/C37H48N4O4/c1-36(2,3)44-34(42)39-22-26-12-9-13-27(20-26)23-40(32-18-10-16-28-17-11-19-38-33(28)32)25-31-21-29-14-7-8-15-30(29)24-41(31)35(43)45-37(4,5)6/h7-9,11-15,17,19-20,31-32H,10,16,18,21-25H2,1-6H3,(H,39,42)/t31-,32+/m1/s1. The molecule has 1 N–H and O–H groups in total. The monoisotopic (exact) mass is 612 g/mol. The fraction of sp³-hybridized carbons (Fsp3) is 0.486. The maximum absolute atomic E-state index is 13.6. The number of rotatable bonds is 7. The lowest BCUT2D eigenvalue weighted by molar-refractivity contribution is 0.00398. The Hall–Kier alpha value is -3.91. The molecule has 0 bridgehead atoms. The van der Waals surface area contributed by atoms with E-state index in [0.29, 0.717) is 26.2 Å². The number of fused-ring (bicyclic) bond motifs is 2. The third kappa shape index (κ3) is 8.85. The van der Waals surface area contributed by atoms with Crippen LogP contribution in [0, 0.1) is 0 Å². The first kappa shape index (κ1) is 32.5. The summed E-state index contributed by atoms with van der Waals surface area (Å²) in [6.45, 7) is 13.6. The number of amides is 2. The second-order valence-corrected chi connectivity index (χ2v) is 14.3. The van der Waals surface area contributed by atoms with E-state index >= 15 is 0 Å². The van der Waals surface area contributed by atoms with Crippen molar-refractivity contribution in [3.05, 3.63) is 100 Å². The van der Waals surface area contributed by atoms with Gasteiger partial charge in [0.25, 0.3) is 0 Å². The van der Waals surface area contributed by atoms with Gasteiger partial charge in [-0.25, -0.2) is 9.59 Å². The van der Waals surface area contributed by atoms with Crippen molar-refractivity contribution < 1.29 is 19.1 Å². The Bertz CT molecular complexity index is 1490. The van der Waals surface area contributed by atoms with Crippen molar-refractivity contribution in [3.63, 3.8) is 0 Å². The fourth-order valence-electron chi connectivity index (χ4n) is 6.36. The average Bonchev–Trinajstić information content (AvgIpc) is 2.97. The molecule has 3 aromatic rings. The average molecular weight is 613 g/mol. The molecule has 0 fully saturated rings. The molecule has 0 saturated carbocycles. The van der Waals surface area contributed by atoms with Crippen LogP contribution in [0.4, 0.5) is 9.59 Å². The highest BCUT2D eigenvalue weighted by Crippen LogP contribution is 2.35. The molecule has 8 heteroatoms. The predicted octanol–water partition coefficient (Wildman–Crippen LogP) is 7.35. The van der Waals surface area contributed by atoms with Crippen LogP contribution in [0.1, 0.15) is 93.9 Å². The van der Waals surface area contributed by atoms with E-state index in [1.54, 1.807) is 0 Å². The van der Waals surface area contributed by atoms with Crippen molar-refractivity contribution in [2.45, 2.75) is 110 Å². The lowest BCUT2D eigenvalue weighted by Gasteiger charge is -2.43. The molecule has 2 heterocycles. The molecule has 45 heavy (non-hydrogen) atoms. The molecule has 1 aromatic heterocycles. The molecule has 0 radical (unpaired) electrons. The molecule has 1 aliphatic heterocycles. The maximum atomic E-state index is 13.6. The van der Waals surface area contributed by atoms with E-state index in [4.69, 9.17) is 14.5 Å². The summed E-state index contributed by atoms with van der Waals surface area (Å²) < 4.78 is 11.4. The van der Waals surface area contributed by atoms with Crippen LogP contribution in [-0.2, 0) is 41.9 Å². The minimum Gasteiger partial charge on any atom is -0.444 e. The number of pyridine rings is 1. The Morgan fingerprint density at radius 2 is 1.62 bits per heavy atom. The van der Waals surface area contributed by atoms with E-state index in [1.807, 2.05) is 76.9 Å². The summed E-state index contributed by atoms with van der Waals surface area (Å²) in [4.78, 5) is 35.2. The van der Waals surface area contributed by atoms with Crippen molar-refractivity contribution in [3.8, 4) is 0 Å². The molecule has 0 spiro atoms. The van der Waals surface area contributed by atoms with E-state index in [-0.39, 0.29) is 18.2 Å². The fourth-order valence-corrected chi connectivity index (χ4v) is 6.36. The quantitative estimate of drug-likeness (QED) is 0.300. The Labute approximate surface area is 268 Å². The van der Waals surface area contributed by atoms with Gasteiger partial charge in [0.15, 0.2) is 0 Å². The molecule has 240 valence electrons. The van der Waals surface area contributed by atoms with Gasteiger partial charge in [0.1, 0.15) is 11.2 Å². The van der Waals surface area contributed by atoms with Crippen molar-refractivity contribution in [2.75, 3.05) is 6.54 Å². The van der Waals surface area contributed by atoms with Crippen LogP contribution in [0.25, 0.3) is 0 Å². The largest absolute Gasteiger partial charge is 0.444 e. The van der Waals surface area contributed by atoms with Gasteiger partial charge >= 0.3 is 12.2 Å². The minimum absolute atomic E-state index is 0.0687. The van der Waals surface area contributed by atoms with Crippen molar-refractivity contribution >= 4 is 12.2 Å². The smallest absolute Gasteiger partial charge is 0.410 e. The molecule has 2 atom stereocenters. The first-order chi connectivity index (χ1) is 21.3. The number of carbonyl (C=O) groups is 2. The zero-order valence-electron chi connectivity index (χ0n) is 27.6. The number of hydrogen-bond donors (Lipinski definition) is 1. The molecule has 0 unspecified atom stereocenters. The summed E-state index contributed by atoms with van der Waals surface area (Å²) >= 11 is 0. The van der Waals surface area contributed by atoms with E-state index in [9.17, 15) is 9.59 Å². The second-order valence-electron chi connectivity index (χ2n) is 14.3. The first-order valence-corrected chi connectivity index (χ1v) is 16.1. The van der Waals surface area contributed by atoms with Gasteiger partial charge in [-0.15, -0.1) is 0 Å². The molecule has 1 aliphatic carbocycles. The van der Waals surface area contributed by atoms with Gasteiger partial charge in [0.2, 0.25) is 0 Å². The molecule has 2 aromatic carbocycles. The minimum atomic E-state index is -0.585. The predicted molar refractivity (Wildman–Crippen MR) is 176 cm³/mol. The number of alkyl carbamates (subject to hydrolysis) is 1. The maximum Gasteiger partial charge on any atom is 0.410 e. The number of benzene rings is 2. The van der Waals surface area contributed by atoms with Crippen LogP contribution < -0.4 is 5.32 Å². The summed E-state index contributed by atoms with van der Waals surface area (Å²) in [6.07, 6.45) is 5.05. The summed E-state index contributed by atoms with van der Waals surface area (Å²) in [5, 5.41) is 2.88. The summed E-state index contributed by atoms with van der Waals surface area (Å²) in [7, 11) is 0. The first-order valence-electron chi connectivity index (χ1n) is 16.1. The van der Waals surface area contributed by atoms with E-state index in [0.717, 1.165) is 42.5 Å². The Balaban J connectivity index is 1.43. The van der Waals surface area contributed by atoms with Gasteiger partial charge in [-0.2, -0.15) is 0 Å². The molecule has 2 aliphatic rings. The molecular formula is C37H48N4O4. The summed E-state index contributed by atoms with van der Waals surface area (Å²) in [5.41, 5.74) is 5.88. The van der Waals surface area contributed by atoms with Crippen molar-refractivity contribution in [1.82, 2.24) is 20.1 Å². The summed E-state index contributed by atoms with van der Waals surface area (Å²) in [5.74, 6) is 0. The lowest BCUT2D eigenvalue weighted by atomic mass is 9.89. The van der Waals surface area contributed by atoms with Crippen LogP contribution in [-0.4, -0.2) is 50.8 Å². The van der Waals surface area contributed by atoms with E-state index in [1.165, 1.54) is 16.7 Å². The Morgan fingerprint density at radius 1 is 0.911 bits per heavy atom. The van der Waals surface area contributed by atoms with Gasteiger partial charge in [-0.3, -0.25) is 14.8 Å². The molecule has 5 rings (SSSR count). The lowest BCUT2D eigenvalue weighted by Crippen LogP contribution is -2.52. The highest BCUT2D eigenvalue weighted by molar-refractivity contribution is 5.69. The SMILES string of the molecule is CC(C)(C)OC(=O)NCc1cccc(CN(C[C@H]2Cc3ccccc3CN2C(=O)OC(C)(C)C)[C@H]2CCCc3cccnc32)c1. The van der Waals surface area contributed by atoms with Gasteiger partial charge in [-0.05, 0) is 101 Å². The Morgan fingerprint density at radius 3 is 2.38 bits per heavy atom. The van der Waals surface area contributed by atoms with Crippen molar-refractivity contribution in [2.24, 2.45) is 0 Å². The van der Waals surface area contributed by atoms with Crippen LogP contribution in [0.15, 0.2) is 66.9 Å². The number of aryl methyl sites for hydroxylation is 1. The van der Waals surface area contributed by atoms with Gasteiger partial charge in [0.05, 0.1) is 17.8 Å². The number of nitrogens with zero attached hydrogens (tertiary/aromatic N) is 3. The Kier molecular flexibility index (Phi) is 9.82. The van der Waals surface area contributed by atoms with Gasteiger partial charge in [-0.1, -0.05) is 54.6 Å². The second kappa shape index (κ2) is 13.6. The van der Waals surface area contributed by atoms with Gasteiger partial charge < -0.3 is 14.8 Å². The number of nitrogens with one attached hydrogen (secondary N) is 1. The highest BCUT2D eigenvalue weighted by atomic mass is 16.6. The molecule has 8 nitrogen and oxygen atoms in total. The van der Waals surface area contributed by atoms with E-state index in [2.05, 4.69) is 46.6 Å². The van der Waals surface area contributed by atoms with Crippen molar-refractivity contribution in [1.29, 1.82) is 0 Å². The zero-order chi connectivity index (χ0) is 32.2. The zero-order valence-corrected chi connectivity index (χ0v) is 27.6. The number of ether oxygens (including phenoxy) is 2. The van der Waals surface area contributed by atoms with E-state index < -0.39 is 17.3 Å². The van der Waals surface area contributed by atoms with Gasteiger partial charge in [0, 0.05) is 32.4 Å². The number of carbonyl (C=O) groups excluding carboxylic acids is 2. The van der Waals surface area contributed by atoms with Crippen LogP contribution in [0.3, 0.4) is 0 Å². The van der Waals surface area contributed by atoms with Crippen LogP contribution in [0.2, 0.25) is 0 Å². The molecule has 0 saturated heterocycles. The number of hydrogen-bond acceptors (Lipinski definition) is 6. The third-order valence-corrected chi connectivity index (χ3v) is 8.25. The third-order valence-electron chi connectivity index (χ3n) is 8.25. The summed E-state index contributed by atoms with van der Waals surface area (Å²) in [6, 6.07) is 21.0. The molecule has 2 amide bonds.